The number of hydrogen-bond donors (Lipinski definition) is 3. The van der Waals surface area contributed by atoms with Crippen LogP contribution in [0.1, 0.15) is 62.8 Å². The molecule has 44 heavy (non-hydrogen) atoms. The molecule has 0 unspecified atom stereocenters. The second-order valence-corrected chi connectivity index (χ2v) is 12.3. The number of aliphatic carboxylic acids is 1. The van der Waals surface area contributed by atoms with E-state index in [1.54, 1.807) is 14.2 Å². The smallest absolute Gasteiger partial charge is 0.304 e. The van der Waals surface area contributed by atoms with E-state index in [0.717, 1.165) is 33.6 Å². The SMILES string of the molecule is COC[C@@H](NC(=O)[C@@H](NC(=O)[C@H](CCCc1ccc(-c2cccc(OC)c2)c(C)c1)CC(=O)O)C(C)(C)C)c1ccccc1. The summed E-state index contributed by atoms with van der Waals surface area (Å²) in [5.41, 5.74) is 4.68. The lowest BCUT2D eigenvalue weighted by Crippen LogP contribution is -2.55. The number of carbonyl (C=O) groups excluding carboxylic acids is 2. The molecule has 0 aliphatic heterocycles. The number of carbonyl (C=O) groups is 3. The fraction of sp³-hybridized carbons (Fsp3) is 0.417. The molecule has 0 aliphatic rings. The van der Waals surface area contributed by atoms with E-state index in [1.807, 2.05) is 75.4 Å². The van der Waals surface area contributed by atoms with Gasteiger partial charge in [0, 0.05) is 13.0 Å². The van der Waals surface area contributed by atoms with Gasteiger partial charge in [0.2, 0.25) is 11.8 Å². The Morgan fingerprint density at radius 2 is 1.61 bits per heavy atom. The molecule has 0 aromatic heterocycles. The van der Waals surface area contributed by atoms with Gasteiger partial charge >= 0.3 is 5.97 Å². The molecule has 0 saturated heterocycles. The number of benzene rings is 3. The summed E-state index contributed by atoms with van der Waals surface area (Å²) in [7, 11) is 3.22. The highest BCUT2D eigenvalue weighted by molar-refractivity contribution is 5.90. The van der Waals surface area contributed by atoms with Gasteiger partial charge in [-0.05, 0) is 71.6 Å². The molecule has 3 N–H and O–H groups in total. The summed E-state index contributed by atoms with van der Waals surface area (Å²) in [4.78, 5) is 38.7. The Morgan fingerprint density at radius 3 is 2.23 bits per heavy atom. The molecule has 0 radical (unpaired) electrons. The third kappa shape index (κ3) is 9.95. The van der Waals surface area contributed by atoms with Gasteiger partial charge in [0.1, 0.15) is 11.8 Å². The zero-order chi connectivity index (χ0) is 32.3. The zero-order valence-electron chi connectivity index (χ0n) is 26.7. The lowest BCUT2D eigenvalue weighted by molar-refractivity contribution is -0.142. The third-order valence-electron chi connectivity index (χ3n) is 7.75. The van der Waals surface area contributed by atoms with Crippen molar-refractivity contribution in [2.75, 3.05) is 20.8 Å². The average molecular weight is 603 g/mol. The van der Waals surface area contributed by atoms with Crippen LogP contribution in [0, 0.1) is 18.3 Å². The molecule has 0 spiro atoms. The number of rotatable bonds is 15. The molecule has 0 fully saturated rings. The van der Waals surface area contributed by atoms with E-state index in [4.69, 9.17) is 9.47 Å². The Kier molecular flexibility index (Phi) is 12.5. The van der Waals surface area contributed by atoms with E-state index in [2.05, 4.69) is 35.8 Å². The molecule has 0 saturated carbocycles. The number of methoxy groups -OCH3 is 2. The Labute approximate surface area is 261 Å². The first kappa shape index (κ1) is 34.3. The van der Waals surface area contributed by atoms with Crippen LogP contribution in [0.5, 0.6) is 5.75 Å². The van der Waals surface area contributed by atoms with Gasteiger partial charge in [-0.2, -0.15) is 0 Å². The molecule has 0 aliphatic carbocycles. The third-order valence-corrected chi connectivity index (χ3v) is 7.75. The molecule has 3 aromatic carbocycles. The molecular weight excluding hydrogens is 556 g/mol. The summed E-state index contributed by atoms with van der Waals surface area (Å²) in [6.45, 7) is 7.94. The molecule has 3 atom stereocenters. The van der Waals surface area contributed by atoms with Crippen LogP contribution in [0.3, 0.4) is 0 Å². The van der Waals surface area contributed by atoms with Crippen molar-refractivity contribution in [3.8, 4) is 16.9 Å². The monoisotopic (exact) mass is 602 g/mol. The number of amides is 2. The quantitative estimate of drug-likeness (QED) is 0.193. The fourth-order valence-electron chi connectivity index (χ4n) is 5.35. The van der Waals surface area contributed by atoms with Crippen molar-refractivity contribution in [2.24, 2.45) is 11.3 Å². The molecule has 3 aromatic rings. The maximum atomic E-state index is 13.5. The van der Waals surface area contributed by atoms with Crippen molar-refractivity contribution in [3.63, 3.8) is 0 Å². The van der Waals surface area contributed by atoms with E-state index in [-0.39, 0.29) is 18.9 Å². The molecule has 8 heteroatoms. The topological polar surface area (TPSA) is 114 Å². The average Bonchev–Trinajstić information content (AvgIpc) is 2.98. The normalized spacial score (nSPS) is 13.4. The van der Waals surface area contributed by atoms with Gasteiger partial charge < -0.3 is 25.2 Å². The minimum absolute atomic E-state index is 0.266. The number of nitrogens with one attached hydrogen (secondary N) is 2. The molecule has 0 heterocycles. The Hall–Kier alpha value is -4.17. The Morgan fingerprint density at radius 1 is 0.886 bits per heavy atom. The number of carboxylic acids is 1. The number of aryl methyl sites for hydroxylation is 2. The highest BCUT2D eigenvalue weighted by atomic mass is 16.5. The molecular formula is C36H46N2O6. The van der Waals surface area contributed by atoms with E-state index >= 15 is 0 Å². The minimum atomic E-state index is -1.05. The van der Waals surface area contributed by atoms with Crippen LogP contribution in [0.25, 0.3) is 11.1 Å². The maximum absolute atomic E-state index is 13.5. The minimum Gasteiger partial charge on any atom is -0.497 e. The van der Waals surface area contributed by atoms with Crippen LogP contribution < -0.4 is 15.4 Å². The molecule has 0 bridgehead atoms. The van der Waals surface area contributed by atoms with Crippen molar-refractivity contribution < 1.29 is 29.0 Å². The lowest BCUT2D eigenvalue weighted by Gasteiger charge is -2.33. The van der Waals surface area contributed by atoms with Crippen LogP contribution in [0.15, 0.2) is 72.8 Å². The highest BCUT2D eigenvalue weighted by Crippen LogP contribution is 2.28. The predicted octanol–water partition coefficient (Wildman–Crippen LogP) is 6.12. The standard InChI is InChI=1S/C36H46N2O6/c1-24-20-25(18-19-30(24)27-15-11-17-29(21-27)44-6)12-10-16-28(22-32(39)40)34(41)38-33(36(2,3)4)35(42)37-31(23-43-5)26-13-8-7-9-14-26/h7-9,11,13-15,17-21,28,31,33H,10,12,16,22-23H2,1-6H3,(H,37,42)(H,38,41)(H,39,40)/t28-,31-,33-/m1/s1. The van der Waals surface area contributed by atoms with Crippen LogP contribution >= 0.6 is 0 Å². The van der Waals surface area contributed by atoms with Crippen molar-refractivity contribution in [2.45, 2.75) is 65.5 Å². The maximum Gasteiger partial charge on any atom is 0.304 e. The fourth-order valence-corrected chi connectivity index (χ4v) is 5.35. The van der Waals surface area contributed by atoms with E-state index in [9.17, 15) is 19.5 Å². The largest absolute Gasteiger partial charge is 0.497 e. The van der Waals surface area contributed by atoms with Gasteiger partial charge in [0.05, 0.1) is 26.2 Å². The summed E-state index contributed by atoms with van der Waals surface area (Å²) < 4.78 is 10.7. The van der Waals surface area contributed by atoms with E-state index in [0.29, 0.717) is 19.3 Å². The van der Waals surface area contributed by atoms with Crippen molar-refractivity contribution >= 4 is 17.8 Å². The summed E-state index contributed by atoms with van der Waals surface area (Å²) >= 11 is 0. The molecule has 8 nitrogen and oxygen atoms in total. The first-order chi connectivity index (χ1) is 20.9. The highest BCUT2D eigenvalue weighted by Gasteiger charge is 2.36. The first-order valence-corrected chi connectivity index (χ1v) is 15.0. The van der Waals surface area contributed by atoms with E-state index < -0.39 is 35.3 Å². The number of carboxylic acid groups (broad SMARTS) is 1. The molecule has 3 rings (SSSR count). The second kappa shape index (κ2) is 16.1. The van der Waals surface area contributed by atoms with Crippen LogP contribution in [0.2, 0.25) is 0 Å². The van der Waals surface area contributed by atoms with Gasteiger partial charge in [-0.15, -0.1) is 0 Å². The Bertz CT molecular complexity index is 1400. The van der Waals surface area contributed by atoms with Gasteiger partial charge in [-0.25, -0.2) is 0 Å². The number of ether oxygens (including phenoxy) is 2. The molecule has 236 valence electrons. The summed E-state index contributed by atoms with van der Waals surface area (Å²) in [5, 5.41) is 15.5. The van der Waals surface area contributed by atoms with Gasteiger partial charge in [0.25, 0.3) is 0 Å². The van der Waals surface area contributed by atoms with Crippen LogP contribution in [-0.2, 0) is 25.5 Å². The van der Waals surface area contributed by atoms with Crippen molar-refractivity contribution in [3.05, 3.63) is 89.5 Å². The summed E-state index contributed by atoms with van der Waals surface area (Å²) in [6, 6.07) is 22.4. The van der Waals surface area contributed by atoms with Crippen LogP contribution in [0.4, 0.5) is 0 Å². The van der Waals surface area contributed by atoms with Crippen molar-refractivity contribution in [1.82, 2.24) is 10.6 Å². The van der Waals surface area contributed by atoms with Crippen molar-refractivity contribution in [1.29, 1.82) is 0 Å². The van der Waals surface area contributed by atoms with Crippen LogP contribution in [-0.4, -0.2) is 49.8 Å². The second-order valence-electron chi connectivity index (χ2n) is 12.3. The molecule has 2 amide bonds. The summed E-state index contributed by atoms with van der Waals surface area (Å²) in [6.07, 6.45) is 1.39. The van der Waals surface area contributed by atoms with Gasteiger partial charge in [0.15, 0.2) is 0 Å². The first-order valence-electron chi connectivity index (χ1n) is 15.0. The number of hydrogen-bond acceptors (Lipinski definition) is 5. The Balaban J connectivity index is 1.68. The van der Waals surface area contributed by atoms with Gasteiger partial charge in [-0.1, -0.05) is 81.4 Å². The van der Waals surface area contributed by atoms with E-state index in [1.165, 1.54) is 0 Å². The van der Waals surface area contributed by atoms with Gasteiger partial charge in [-0.3, -0.25) is 14.4 Å². The zero-order valence-corrected chi connectivity index (χ0v) is 26.7. The summed E-state index contributed by atoms with van der Waals surface area (Å²) in [5.74, 6) is -1.81. The lowest BCUT2D eigenvalue weighted by atomic mass is 9.85. The predicted molar refractivity (Wildman–Crippen MR) is 172 cm³/mol.